The summed E-state index contributed by atoms with van der Waals surface area (Å²) in [6.07, 6.45) is 3.17. The van der Waals surface area contributed by atoms with Crippen LogP contribution in [0.25, 0.3) is 0 Å². The van der Waals surface area contributed by atoms with Gasteiger partial charge in [-0.15, -0.1) is 0 Å². The highest BCUT2D eigenvalue weighted by molar-refractivity contribution is 6.23. The van der Waals surface area contributed by atoms with Gasteiger partial charge in [-0.3, -0.25) is 28.9 Å². The number of imide groups is 1. The molecule has 1 aromatic carbocycles. The molecule has 0 spiro atoms. The van der Waals surface area contributed by atoms with Gasteiger partial charge < -0.3 is 4.90 Å². The maximum absolute atomic E-state index is 13.2. The first-order valence-corrected chi connectivity index (χ1v) is 10.2. The van der Waals surface area contributed by atoms with Crippen molar-refractivity contribution in [2.24, 2.45) is 5.92 Å². The fraction of sp³-hybridized carbons (Fsp3) is 0.500. The van der Waals surface area contributed by atoms with E-state index in [9.17, 15) is 24.0 Å². The molecule has 2 fully saturated rings. The molecule has 4 rings (SSSR count). The van der Waals surface area contributed by atoms with E-state index >= 15 is 0 Å². The Bertz CT molecular complexity index is 918. The summed E-state index contributed by atoms with van der Waals surface area (Å²) < 4.78 is 0. The van der Waals surface area contributed by atoms with Crippen LogP contribution in [0, 0.1) is 5.92 Å². The van der Waals surface area contributed by atoms with Gasteiger partial charge in [-0.05, 0) is 37.3 Å². The molecule has 3 amide bonds. The predicted molar refractivity (Wildman–Crippen MR) is 103 cm³/mol. The number of hydrogen-bond acceptors (Lipinski definition) is 5. The van der Waals surface area contributed by atoms with Crippen molar-refractivity contribution in [3.8, 4) is 0 Å². The second-order valence-corrected chi connectivity index (χ2v) is 8.20. The van der Waals surface area contributed by atoms with Crippen LogP contribution in [0.2, 0.25) is 0 Å². The highest BCUT2D eigenvalue weighted by atomic mass is 16.2. The van der Waals surface area contributed by atoms with Crippen LogP contribution in [-0.4, -0.2) is 52.2 Å². The van der Waals surface area contributed by atoms with Gasteiger partial charge in [-0.1, -0.05) is 12.1 Å². The van der Waals surface area contributed by atoms with Crippen LogP contribution >= 0.6 is 0 Å². The molecule has 7 nitrogen and oxygen atoms in total. The van der Waals surface area contributed by atoms with Crippen molar-refractivity contribution in [1.82, 2.24) is 9.80 Å². The number of carbonyl (C=O) groups is 5. The number of benzene rings is 1. The van der Waals surface area contributed by atoms with E-state index in [1.54, 1.807) is 30.1 Å². The molecule has 0 N–H and O–H groups in total. The first kappa shape index (κ1) is 19.5. The summed E-state index contributed by atoms with van der Waals surface area (Å²) in [5.74, 6) is -0.996. The summed E-state index contributed by atoms with van der Waals surface area (Å²) in [5.41, 5.74) is 1.14. The second-order valence-electron chi connectivity index (χ2n) is 8.20. The Morgan fingerprint density at radius 2 is 1.79 bits per heavy atom. The molecule has 1 atom stereocenters. The highest BCUT2D eigenvalue weighted by Crippen LogP contribution is 2.33. The summed E-state index contributed by atoms with van der Waals surface area (Å²) in [6, 6.07) is 4.13. The van der Waals surface area contributed by atoms with E-state index in [-0.39, 0.29) is 60.3 Å². The van der Waals surface area contributed by atoms with Gasteiger partial charge in [0.1, 0.15) is 5.78 Å². The van der Waals surface area contributed by atoms with E-state index in [1.165, 1.54) is 0 Å². The third-order valence-corrected chi connectivity index (χ3v) is 6.00. The van der Waals surface area contributed by atoms with E-state index in [1.807, 2.05) is 0 Å². The number of ketones is 2. The lowest BCUT2D eigenvalue weighted by Crippen LogP contribution is -2.45. The first-order valence-electron chi connectivity index (χ1n) is 10.2. The molecule has 7 heteroatoms. The molecule has 0 bridgehead atoms. The molecule has 1 unspecified atom stereocenters. The SMILES string of the molecule is CN(Cc1cccc2c1C(=O)N(C1CCC(=O)CCCC1=O)C2=O)C(=O)C1CC1. The van der Waals surface area contributed by atoms with E-state index < -0.39 is 17.9 Å². The fourth-order valence-corrected chi connectivity index (χ4v) is 4.25. The van der Waals surface area contributed by atoms with Crippen molar-refractivity contribution in [3.05, 3.63) is 34.9 Å². The third kappa shape index (κ3) is 3.61. The minimum absolute atomic E-state index is 0.0462. The average Bonchev–Trinajstić information content (AvgIpc) is 3.50. The number of nitrogens with zero attached hydrogens (tertiary/aromatic N) is 2. The lowest BCUT2D eigenvalue weighted by molar-refractivity contribution is -0.131. The summed E-state index contributed by atoms with van der Waals surface area (Å²) >= 11 is 0. The Morgan fingerprint density at radius 3 is 2.52 bits per heavy atom. The smallest absolute Gasteiger partial charge is 0.262 e. The maximum atomic E-state index is 13.2. The van der Waals surface area contributed by atoms with Crippen molar-refractivity contribution in [3.63, 3.8) is 0 Å². The van der Waals surface area contributed by atoms with Crippen molar-refractivity contribution in [1.29, 1.82) is 0 Å². The van der Waals surface area contributed by atoms with Crippen LogP contribution < -0.4 is 0 Å². The molecule has 1 aliphatic heterocycles. The van der Waals surface area contributed by atoms with Crippen LogP contribution in [0.1, 0.15) is 71.2 Å². The zero-order valence-electron chi connectivity index (χ0n) is 16.5. The maximum Gasteiger partial charge on any atom is 0.262 e. The van der Waals surface area contributed by atoms with Gasteiger partial charge >= 0.3 is 0 Å². The Balaban J connectivity index is 1.61. The van der Waals surface area contributed by atoms with E-state index in [4.69, 9.17) is 0 Å². The van der Waals surface area contributed by atoms with Crippen molar-refractivity contribution < 1.29 is 24.0 Å². The molecule has 2 saturated carbocycles. The molecule has 2 aliphatic carbocycles. The lowest BCUT2D eigenvalue weighted by Gasteiger charge is -2.26. The molecular formula is C22H24N2O5. The summed E-state index contributed by atoms with van der Waals surface area (Å²) in [4.78, 5) is 65.6. The largest absolute Gasteiger partial charge is 0.341 e. The molecule has 0 aromatic heterocycles. The summed E-state index contributed by atoms with van der Waals surface area (Å²) in [5, 5.41) is 0. The molecule has 1 aromatic rings. The first-order chi connectivity index (χ1) is 13.9. The van der Waals surface area contributed by atoms with Gasteiger partial charge in [0.25, 0.3) is 11.8 Å². The molecule has 0 saturated heterocycles. The van der Waals surface area contributed by atoms with Crippen LogP contribution in [0.5, 0.6) is 0 Å². The van der Waals surface area contributed by atoms with Crippen LogP contribution in [0.15, 0.2) is 18.2 Å². The van der Waals surface area contributed by atoms with Gasteiger partial charge in [-0.25, -0.2) is 0 Å². The second kappa shape index (κ2) is 7.54. The number of hydrogen-bond donors (Lipinski definition) is 0. The predicted octanol–water partition coefficient (Wildman–Crippen LogP) is 2.12. The van der Waals surface area contributed by atoms with Crippen LogP contribution in [-0.2, 0) is 20.9 Å². The molecule has 3 aliphatic rings. The van der Waals surface area contributed by atoms with E-state index in [0.29, 0.717) is 18.4 Å². The number of rotatable bonds is 4. The molecule has 1 heterocycles. The normalized spacial score (nSPS) is 22.4. The van der Waals surface area contributed by atoms with Gasteiger partial charge in [0.15, 0.2) is 5.78 Å². The quantitative estimate of drug-likeness (QED) is 0.727. The van der Waals surface area contributed by atoms with Gasteiger partial charge in [0.2, 0.25) is 5.91 Å². The van der Waals surface area contributed by atoms with E-state index in [0.717, 1.165) is 17.7 Å². The molecule has 29 heavy (non-hydrogen) atoms. The molecule has 0 radical (unpaired) electrons. The summed E-state index contributed by atoms with van der Waals surface area (Å²) in [7, 11) is 1.70. The average molecular weight is 396 g/mol. The summed E-state index contributed by atoms with van der Waals surface area (Å²) in [6.45, 7) is 0.239. The van der Waals surface area contributed by atoms with Crippen LogP contribution in [0.4, 0.5) is 0 Å². The number of fused-ring (bicyclic) bond motifs is 1. The molecular weight excluding hydrogens is 372 g/mol. The standard InChI is InChI=1S/C22H24N2O5/c1-23(20(27)13-8-9-13)12-14-4-2-6-16-19(14)22(29)24(21(16)28)17-11-10-15(25)5-3-7-18(17)26/h2,4,6,13,17H,3,5,7-12H2,1H3. The van der Waals surface area contributed by atoms with Gasteiger partial charge in [-0.2, -0.15) is 0 Å². The molecule has 152 valence electrons. The Labute approximate surface area is 169 Å². The highest BCUT2D eigenvalue weighted by Gasteiger charge is 2.44. The van der Waals surface area contributed by atoms with E-state index in [2.05, 4.69) is 0 Å². The van der Waals surface area contributed by atoms with Crippen molar-refractivity contribution in [2.45, 2.75) is 57.5 Å². The zero-order chi connectivity index (χ0) is 20.7. The van der Waals surface area contributed by atoms with Crippen molar-refractivity contribution in [2.75, 3.05) is 7.05 Å². The number of carbonyl (C=O) groups excluding carboxylic acids is 5. The zero-order valence-corrected chi connectivity index (χ0v) is 16.5. The monoisotopic (exact) mass is 396 g/mol. The van der Waals surface area contributed by atoms with Gasteiger partial charge in [0.05, 0.1) is 17.2 Å². The Morgan fingerprint density at radius 1 is 1.03 bits per heavy atom. The topological polar surface area (TPSA) is 91.8 Å². The Kier molecular flexibility index (Phi) is 5.06. The Hall–Kier alpha value is -2.83. The fourth-order valence-electron chi connectivity index (χ4n) is 4.25. The third-order valence-electron chi connectivity index (χ3n) is 6.00. The minimum Gasteiger partial charge on any atom is -0.341 e. The number of amides is 3. The van der Waals surface area contributed by atoms with Gasteiger partial charge in [0, 0.05) is 38.8 Å². The lowest BCUT2D eigenvalue weighted by atomic mass is 9.93. The van der Waals surface area contributed by atoms with Crippen LogP contribution in [0.3, 0.4) is 0 Å². The number of Topliss-reactive ketones (excluding diaryl/α,β-unsaturated/α-hetero) is 2. The van der Waals surface area contributed by atoms with Crippen molar-refractivity contribution >= 4 is 29.3 Å². The minimum atomic E-state index is -0.898.